The zero-order chi connectivity index (χ0) is 59.1. The molecule has 0 saturated heterocycles. The number of nitrogens with one attached hydrogen (secondary N) is 3. The van der Waals surface area contributed by atoms with Crippen molar-refractivity contribution in [3.63, 3.8) is 0 Å². The molecule has 1 heterocycles. The predicted molar refractivity (Wildman–Crippen MR) is 346 cm³/mol. The molecular weight excluding hydrogens is 1160 g/mol. The standard InChI is InChI=1S/C24H30BrN3.C16H25NO.C8H9BrN2O.C8H10ClN.C8H15ClO.CH4/c1-7-8-13-24(5,6)23-27-26-22(19-11-10-17(3)20(25)15-19)28(23)21-12-9-16(2)14-18(21)4;1-6-7-10-16(4,5)15(18)17-14-9-8-12(2)11-13(14)3;1-5-2-3-6(4-7(5)9)8(12)11-10;1-6-3-4-8(10-9)7(2)5-6;1-4-5-6-8(2,3)7(9)10;/h9-12,14-15H,7-8,13H2,1-6H3;8-9,11H,6-7,10H2,1-5H3,(H,17,18);2-4H,10H2,1H3,(H,11,12);3-5,10H,1-2H3;4-6H2,1-3H3;1H4. The van der Waals surface area contributed by atoms with Gasteiger partial charge in [0.1, 0.15) is 5.82 Å². The third-order valence-electron chi connectivity index (χ3n) is 13.6. The fourth-order valence-electron chi connectivity index (χ4n) is 8.09. The highest BCUT2D eigenvalue weighted by Gasteiger charge is 2.30. The molecule has 2 amide bonds. The number of nitrogens with zero attached hydrogens (tertiary/aromatic N) is 3. The fourth-order valence-corrected chi connectivity index (χ4v) is 9.15. The smallest absolute Gasteiger partial charge is 0.265 e. The van der Waals surface area contributed by atoms with Crippen LogP contribution < -0.4 is 21.4 Å². The molecule has 0 saturated carbocycles. The van der Waals surface area contributed by atoms with E-state index in [0.29, 0.717) is 5.56 Å². The highest BCUT2D eigenvalue weighted by Crippen LogP contribution is 2.36. The van der Waals surface area contributed by atoms with Crippen LogP contribution in [0, 0.1) is 66.2 Å². The lowest BCUT2D eigenvalue weighted by molar-refractivity contribution is -0.124. The number of unbranched alkanes of at least 4 members (excludes halogenated alkanes) is 3. The molecule has 0 aliphatic heterocycles. The number of amides is 2. The number of rotatable bonds is 17. The molecule has 10 nitrogen and oxygen atoms in total. The molecule has 0 spiro atoms. The highest BCUT2D eigenvalue weighted by molar-refractivity contribution is 9.10. The minimum absolute atomic E-state index is 0. The van der Waals surface area contributed by atoms with Crippen molar-refractivity contribution < 1.29 is 14.4 Å². The van der Waals surface area contributed by atoms with Gasteiger partial charge in [-0.3, -0.25) is 29.2 Å². The summed E-state index contributed by atoms with van der Waals surface area (Å²) in [6.07, 6.45) is 9.68. The van der Waals surface area contributed by atoms with Crippen molar-refractivity contribution >= 4 is 83.7 Å². The number of aromatic nitrogens is 3. The number of anilines is 2. The number of carbonyl (C=O) groups is 3. The van der Waals surface area contributed by atoms with E-state index in [2.05, 4.69) is 175 Å². The minimum Gasteiger partial charge on any atom is -0.325 e. The second kappa shape index (κ2) is 34.4. The first-order valence-electron chi connectivity index (χ1n) is 27.1. The Bertz CT molecular complexity index is 2900. The van der Waals surface area contributed by atoms with Crippen molar-refractivity contribution in [3.05, 3.63) is 156 Å². The summed E-state index contributed by atoms with van der Waals surface area (Å²) in [6, 6.07) is 30.5. The Balaban J connectivity index is 0.000000528. The molecule has 1 aromatic heterocycles. The Hall–Kier alpha value is -4.85. The van der Waals surface area contributed by atoms with Crippen molar-refractivity contribution in [3.8, 4) is 17.1 Å². The van der Waals surface area contributed by atoms with Gasteiger partial charge < -0.3 is 5.32 Å². The molecule has 0 aliphatic carbocycles. The molecule has 0 bridgehead atoms. The Kier molecular flexibility index (Phi) is 31.5. The molecule has 0 atom stereocenters. The van der Waals surface area contributed by atoms with Gasteiger partial charge >= 0.3 is 0 Å². The third kappa shape index (κ3) is 23.3. The zero-order valence-corrected chi connectivity index (χ0v) is 54.4. The van der Waals surface area contributed by atoms with Gasteiger partial charge in [0.05, 0.1) is 11.4 Å². The van der Waals surface area contributed by atoms with E-state index >= 15 is 0 Å². The van der Waals surface area contributed by atoms with Gasteiger partial charge in [0.25, 0.3) is 5.91 Å². The largest absolute Gasteiger partial charge is 0.325 e. The number of halogens is 4. The van der Waals surface area contributed by atoms with Gasteiger partial charge in [0.2, 0.25) is 11.1 Å². The summed E-state index contributed by atoms with van der Waals surface area (Å²) in [5.41, 5.74) is 15.6. The summed E-state index contributed by atoms with van der Waals surface area (Å²) in [4.78, 5) is 36.6. The van der Waals surface area contributed by atoms with Gasteiger partial charge in [-0.15, -0.1) is 10.2 Å². The lowest BCUT2D eigenvalue weighted by Crippen LogP contribution is -2.30. The van der Waals surface area contributed by atoms with E-state index in [1.54, 1.807) is 12.1 Å². The number of aryl methyl sites for hydroxylation is 8. The normalized spacial score (nSPS) is 10.9. The molecule has 5 N–H and O–H groups in total. The molecule has 0 radical (unpaired) electrons. The van der Waals surface area contributed by atoms with Crippen LogP contribution in [0.25, 0.3) is 17.1 Å². The first kappa shape index (κ1) is 72.2. The molecule has 0 fully saturated rings. The van der Waals surface area contributed by atoms with E-state index in [0.717, 1.165) is 99.3 Å². The highest BCUT2D eigenvalue weighted by atomic mass is 79.9. The summed E-state index contributed by atoms with van der Waals surface area (Å²) in [5, 5.41) is 12.2. The first-order valence-corrected chi connectivity index (χ1v) is 29.4. The number of nitrogens with two attached hydrogens (primary N) is 1. The van der Waals surface area contributed by atoms with Crippen molar-refractivity contribution in [2.75, 3.05) is 10.2 Å². The summed E-state index contributed by atoms with van der Waals surface area (Å²) >= 11 is 17.8. The number of carbonyl (C=O) groups excluding carboxylic acids is 3. The number of hydrazine groups is 1. The Morgan fingerprint density at radius 1 is 0.582 bits per heavy atom. The van der Waals surface area contributed by atoms with Crippen LogP contribution in [0.1, 0.15) is 188 Å². The van der Waals surface area contributed by atoms with Crippen LogP contribution in [0.15, 0.2) is 99.9 Å². The van der Waals surface area contributed by atoms with Crippen molar-refractivity contribution in [2.45, 2.75) is 188 Å². The van der Waals surface area contributed by atoms with Crippen molar-refractivity contribution in [2.24, 2.45) is 16.7 Å². The van der Waals surface area contributed by atoms with Gasteiger partial charge in [-0.25, -0.2) is 5.84 Å². The lowest BCUT2D eigenvalue weighted by Gasteiger charge is -2.25. The molecule has 5 aromatic carbocycles. The van der Waals surface area contributed by atoms with Crippen LogP contribution in [0.3, 0.4) is 0 Å². The van der Waals surface area contributed by atoms with E-state index < -0.39 is 0 Å². The number of hydrogen-bond acceptors (Lipinski definition) is 7. The Labute approximate surface area is 503 Å². The first-order chi connectivity index (χ1) is 36.5. The SMILES string of the molecule is C.CCCCC(C)(C)C(=O)Cl.CCCCC(C)(C)C(=O)Nc1ccc(C)cc1C.CCCCC(C)(C)c1nnc(-c2ccc(C)c(Br)c2)n1-c1ccc(C)cc1C.Cc1ccc(C(=O)NN)cc1Br.Cc1ccc(NCl)c(C)c1. The second-order valence-electron chi connectivity index (χ2n) is 22.3. The Morgan fingerprint density at radius 3 is 1.51 bits per heavy atom. The molecule has 14 heteroatoms. The minimum atomic E-state index is -0.322. The van der Waals surface area contributed by atoms with Gasteiger partial charge in [-0.1, -0.05) is 211 Å². The summed E-state index contributed by atoms with van der Waals surface area (Å²) in [6.45, 7) is 35.4. The maximum Gasteiger partial charge on any atom is 0.265 e. The molecule has 79 heavy (non-hydrogen) atoms. The predicted octanol–water partition coefficient (Wildman–Crippen LogP) is 19.4. The van der Waals surface area contributed by atoms with E-state index in [-0.39, 0.29) is 40.7 Å². The quantitative estimate of drug-likeness (QED) is 0.0234. The number of nitrogen functional groups attached to an aromatic ring is 1. The van der Waals surface area contributed by atoms with Gasteiger partial charge in [-0.05, 0) is 150 Å². The Morgan fingerprint density at radius 2 is 1.05 bits per heavy atom. The van der Waals surface area contributed by atoms with Gasteiger partial charge in [0.15, 0.2) is 5.82 Å². The summed E-state index contributed by atoms with van der Waals surface area (Å²) in [5.74, 6) is 6.73. The molecule has 6 aromatic rings. The van der Waals surface area contributed by atoms with Crippen molar-refractivity contribution in [1.82, 2.24) is 20.2 Å². The fraction of sp³-hybridized carbons (Fsp3) is 0.462. The molecule has 434 valence electrons. The summed E-state index contributed by atoms with van der Waals surface area (Å²) in [7, 11) is 0. The molecule has 6 rings (SSSR count). The summed E-state index contributed by atoms with van der Waals surface area (Å²) < 4.78 is 4.26. The maximum atomic E-state index is 12.3. The molecule has 0 aliphatic rings. The number of hydrogen-bond donors (Lipinski definition) is 4. The second-order valence-corrected chi connectivity index (χ2v) is 24.5. The van der Waals surface area contributed by atoms with Crippen LogP contribution >= 0.6 is 55.2 Å². The molecule has 0 unspecified atom stereocenters. The average molecular weight is 1250 g/mol. The lowest BCUT2D eigenvalue weighted by atomic mass is 9.86. The van der Waals surface area contributed by atoms with Crippen LogP contribution in [0.4, 0.5) is 11.4 Å². The van der Waals surface area contributed by atoms with Crippen LogP contribution in [-0.2, 0) is 15.0 Å². The van der Waals surface area contributed by atoms with E-state index in [9.17, 15) is 14.4 Å². The topological polar surface area (TPSA) is 144 Å². The van der Waals surface area contributed by atoms with E-state index in [1.165, 1.54) is 46.2 Å². The van der Waals surface area contributed by atoms with E-state index in [1.807, 2.05) is 78.8 Å². The van der Waals surface area contributed by atoms with Crippen LogP contribution in [-0.4, -0.2) is 31.8 Å². The van der Waals surface area contributed by atoms with Crippen LogP contribution in [0.5, 0.6) is 0 Å². The van der Waals surface area contributed by atoms with Crippen LogP contribution in [0.2, 0.25) is 0 Å². The monoisotopic (exact) mass is 1250 g/mol. The molecular formula is C65H93Br2Cl2N7O3. The van der Waals surface area contributed by atoms with Crippen molar-refractivity contribution in [1.29, 1.82) is 0 Å². The maximum absolute atomic E-state index is 12.3. The van der Waals surface area contributed by atoms with Gasteiger partial charge in [-0.2, -0.15) is 0 Å². The number of benzene rings is 5. The van der Waals surface area contributed by atoms with Gasteiger partial charge in [0, 0.05) is 53.8 Å². The van der Waals surface area contributed by atoms with E-state index in [4.69, 9.17) is 34.3 Å². The zero-order valence-electron chi connectivity index (χ0n) is 49.7. The average Bonchev–Trinajstić information content (AvgIpc) is 3.85. The third-order valence-corrected chi connectivity index (χ3v) is 16.0.